The summed E-state index contributed by atoms with van der Waals surface area (Å²) in [6.45, 7) is 4.59. The highest BCUT2D eigenvalue weighted by Gasteiger charge is 2.25. The second kappa shape index (κ2) is 18.4. The van der Waals surface area contributed by atoms with Crippen molar-refractivity contribution in [1.82, 2.24) is 0 Å². The molecular formula is C58H64O2. The number of hydrogen-bond acceptors (Lipinski definition) is 2. The van der Waals surface area contributed by atoms with Gasteiger partial charge in [0.05, 0.1) is 0 Å². The Kier molecular flexibility index (Phi) is 12.5. The molecule has 60 heavy (non-hydrogen) atoms. The monoisotopic (exact) mass is 792 g/mol. The summed E-state index contributed by atoms with van der Waals surface area (Å²) < 4.78 is 0. The molecule has 0 N–H and O–H groups in total. The Morgan fingerprint density at radius 3 is 1.17 bits per heavy atom. The highest BCUT2D eigenvalue weighted by Crippen LogP contribution is 2.43. The van der Waals surface area contributed by atoms with Crippen molar-refractivity contribution in [2.45, 2.75) is 141 Å². The van der Waals surface area contributed by atoms with E-state index in [9.17, 15) is 9.59 Å². The predicted molar refractivity (Wildman–Crippen MR) is 254 cm³/mol. The lowest BCUT2D eigenvalue weighted by molar-refractivity contribution is 0.0986. The molecule has 2 nitrogen and oxygen atoms in total. The van der Waals surface area contributed by atoms with Crippen molar-refractivity contribution in [2.24, 2.45) is 11.8 Å². The van der Waals surface area contributed by atoms with Crippen molar-refractivity contribution in [1.29, 1.82) is 0 Å². The normalized spacial score (nSPS) is 19.8. The molecule has 0 atom stereocenters. The van der Waals surface area contributed by atoms with Crippen molar-refractivity contribution < 1.29 is 9.59 Å². The van der Waals surface area contributed by atoms with Gasteiger partial charge in [-0.2, -0.15) is 0 Å². The minimum absolute atomic E-state index is 0.155. The van der Waals surface area contributed by atoms with E-state index >= 15 is 0 Å². The van der Waals surface area contributed by atoms with Crippen LogP contribution in [0.1, 0.15) is 171 Å². The van der Waals surface area contributed by atoms with Gasteiger partial charge in [-0.25, -0.2) is 0 Å². The Balaban J connectivity index is 0.912. The van der Waals surface area contributed by atoms with Crippen molar-refractivity contribution >= 4 is 54.7 Å². The molecule has 0 radical (unpaired) electrons. The van der Waals surface area contributed by atoms with Crippen LogP contribution in [-0.2, 0) is 12.8 Å². The fourth-order valence-corrected chi connectivity index (χ4v) is 11.5. The van der Waals surface area contributed by atoms with Crippen LogP contribution in [0, 0.1) is 11.8 Å². The van der Waals surface area contributed by atoms with Gasteiger partial charge in [-0.15, -0.1) is 0 Å². The van der Waals surface area contributed by atoms with Gasteiger partial charge in [0.1, 0.15) is 0 Å². The van der Waals surface area contributed by atoms with Crippen molar-refractivity contribution in [3.63, 3.8) is 0 Å². The Morgan fingerprint density at radius 2 is 0.783 bits per heavy atom. The molecule has 2 aliphatic carbocycles. The SMILES string of the molecule is CCCCCC1CCC(c2ccc(CC(=O)c3ccc4c5cccc6c(C(=O)Cc7ccc(C8CCC(CCCCC)CC8)cc7)ccc(c7cccc3c74)c65)cc2)CC1. The number of fused-ring (bicyclic) bond motifs is 2. The number of carbonyl (C=O) groups excluding carboxylic acids is 2. The Bertz CT molecular complexity index is 2360. The van der Waals surface area contributed by atoms with Gasteiger partial charge in [-0.05, 0) is 140 Å². The Morgan fingerprint density at radius 1 is 0.417 bits per heavy atom. The molecule has 2 fully saturated rings. The Hall–Kier alpha value is -4.82. The maximum absolute atomic E-state index is 14.1. The average molecular weight is 793 g/mol. The minimum Gasteiger partial charge on any atom is -0.294 e. The molecule has 7 aromatic rings. The molecule has 0 heterocycles. The molecule has 9 rings (SSSR count). The fraction of sp³-hybridized carbons (Fsp3) is 0.414. The van der Waals surface area contributed by atoms with Gasteiger partial charge in [0.25, 0.3) is 0 Å². The van der Waals surface area contributed by atoms with Gasteiger partial charge in [-0.3, -0.25) is 9.59 Å². The highest BCUT2D eigenvalue weighted by molar-refractivity contribution is 6.35. The first kappa shape index (κ1) is 40.6. The maximum atomic E-state index is 14.1. The third-order valence-electron chi connectivity index (χ3n) is 15.0. The number of ketones is 2. The summed E-state index contributed by atoms with van der Waals surface area (Å²) in [6.07, 6.45) is 22.3. The average Bonchev–Trinajstić information content (AvgIpc) is 3.29. The topological polar surface area (TPSA) is 34.1 Å². The molecule has 0 amide bonds. The second-order valence-corrected chi connectivity index (χ2v) is 18.9. The second-order valence-electron chi connectivity index (χ2n) is 18.9. The summed E-state index contributed by atoms with van der Waals surface area (Å²) in [5.41, 5.74) is 6.60. The zero-order valence-corrected chi connectivity index (χ0v) is 36.2. The molecule has 0 saturated heterocycles. The van der Waals surface area contributed by atoms with Crippen LogP contribution in [0.2, 0.25) is 0 Å². The van der Waals surface area contributed by atoms with Crippen molar-refractivity contribution in [3.05, 3.63) is 143 Å². The van der Waals surface area contributed by atoms with Gasteiger partial charge >= 0.3 is 0 Å². The molecule has 0 bridgehead atoms. The van der Waals surface area contributed by atoms with Crippen LogP contribution in [0.5, 0.6) is 0 Å². The van der Waals surface area contributed by atoms with E-state index in [0.717, 1.165) is 77.2 Å². The zero-order valence-electron chi connectivity index (χ0n) is 36.2. The first-order chi connectivity index (χ1) is 29.5. The van der Waals surface area contributed by atoms with E-state index in [1.165, 1.54) is 114 Å². The third kappa shape index (κ3) is 8.41. The van der Waals surface area contributed by atoms with Gasteiger partial charge in [-0.1, -0.05) is 174 Å². The molecule has 0 spiro atoms. The number of carbonyl (C=O) groups is 2. The molecule has 0 unspecified atom stereocenters. The predicted octanol–water partition coefficient (Wildman–Crippen LogP) is 16.3. The van der Waals surface area contributed by atoms with Crippen LogP contribution >= 0.6 is 0 Å². The lowest BCUT2D eigenvalue weighted by atomic mass is 9.77. The molecule has 2 aliphatic rings. The number of benzene rings is 7. The van der Waals surface area contributed by atoms with Crippen LogP contribution in [-0.4, -0.2) is 11.6 Å². The molecule has 7 aromatic carbocycles. The lowest BCUT2D eigenvalue weighted by Gasteiger charge is -2.29. The highest BCUT2D eigenvalue weighted by atomic mass is 16.1. The van der Waals surface area contributed by atoms with Crippen molar-refractivity contribution in [2.75, 3.05) is 0 Å². The van der Waals surface area contributed by atoms with Gasteiger partial charge in [0.15, 0.2) is 11.6 Å². The summed E-state index contributed by atoms with van der Waals surface area (Å²) in [7, 11) is 0. The van der Waals surface area contributed by atoms with E-state index in [1.807, 2.05) is 12.1 Å². The summed E-state index contributed by atoms with van der Waals surface area (Å²) >= 11 is 0. The third-order valence-corrected chi connectivity index (χ3v) is 15.0. The molecule has 2 saturated carbocycles. The summed E-state index contributed by atoms with van der Waals surface area (Å²) in [5.74, 6) is 3.43. The number of Topliss-reactive ketones (excluding diaryl/α,β-unsaturated/α-hetero) is 2. The quantitative estimate of drug-likeness (QED) is 0.0423. The van der Waals surface area contributed by atoms with Gasteiger partial charge < -0.3 is 0 Å². The van der Waals surface area contributed by atoms with Gasteiger partial charge in [0.2, 0.25) is 0 Å². The number of rotatable bonds is 16. The van der Waals surface area contributed by atoms with E-state index in [0.29, 0.717) is 24.7 Å². The summed E-state index contributed by atoms with van der Waals surface area (Å²) in [6, 6.07) is 39.1. The largest absolute Gasteiger partial charge is 0.294 e. The van der Waals surface area contributed by atoms with E-state index in [1.54, 1.807) is 0 Å². The molecular weight excluding hydrogens is 729 g/mol. The van der Waals surface area contributed by atoms with E-state index in [4.69, 9.17) is 0 Å². The van der Waals surface area contributed by atoms with Crippen LogP contribution in [0.25, 0.3) is 43.1 Å². The molecule has 0 aromatic heterocycles. The van der Waals surface area contributed by atoms with E-state index in [-0.39, 0.29) is 11.6 Å². The minimum atomic E-state index is 0.155. The first-order valence-electron chi connectivity index (χ1n) is 23.8. The molecule has 0 aliphatic heterocycles. The standard InChI is InChI=1S/C58H64O2/c1-3-5-7-11-39-17-25-43(26-18-39)45-29-21-41(22-30-45)37-55(59)47-33-35-53-52-16-10-14-50-48(34-36-54(58(50)52)51-15-9-13-49(47)57(51)53)56(60)38-42-23-31-46(32-24-42)44-27-19-40(20-28-44)12-8-6-4-2/h9-10,13-16,21-24,29-36,39-40,43-44H,3-8,11-12,17-20,25-28,37-38H2,1-2H3. The molecule has 308 valence electrons. The summed E-state index contributed by atoms with van der Waals surface area (Å²) in [4.78, 5) is 28.2. The Labute approximate surface area is 358 Å². The van der Waals surface area contributed by atoms with Crippen LogP contribution in [0.3, 0.4) is 0 Å². The molecule has 2 heteroatoms. The zero-order chi connectivity index (χ0) is 41.0. The van der Waals surface area contributed by atoms with Crippen LogP contribution in [0.15, 0.2) is 109 Å². The fourth-order valence-electron chi connectivity index (χ4n) is 11.5. The number of unbranched alkanes of at least 4 members (excludes halogenated alkanes) is 4. The van der Waals surface area contributed by atoms with Crippen molar-refractivity contribution in [3.8, 4) is 0 Å². The van der Waals surface area contributed by atoms with E-state index < -0.39 is 0 Å². The maximum Gasteiger partial charge on any atom is 0.167 e. The first-order valence-corrected chi connectivity index (χ1v) is 23.8. The van der Waals surface area contributed by atoms with E-state index in [2.05, 4.69) is 111 Å². The number of hydrogen-bond donors (Lipinski definition) is 0. The lowest BCUT2D eigenvalue weighted by Crippen LogP contribution is -2.13. The van der Waals surface area contributed by atoms with Gasteiger partial charge in [0, 0.05) is 24.0 Å². The summed E-state index contributed by atoms with van der Waals surface area (Å²) in [5, 5.41) is 8.82. The van der Waals surface area contributed by atoms with Crippen LogP contribution < -0.4 is 0 Å². The smallest absolute Gasteiger partial charge is 0.167 e. The van der Waals surface area contributed by atoms with Crippen LogP contribution in [0.4, 0.5) is 0 Å².